The highest BCUT2D eigenvalue weighted by atomic mass is 32.1. The number of carbonyl (C=O) groups excluding carboxylic acids is 1. The fraction of sp³-hybridized carbons (Fsp3) is 0.409. The lowest BCUT2D eigenvalue weighted by molar-refractivity contribution is 0.102. The van der Waals surface area contributed by atoms with E-state index in [1.165, 1.54) is 11.1 Å². The third-order valence-electron chi connectivity index (χ3n) is 5.65. The van der Waals surface area contributed by atoms with Gasteiger partial charge in [-0.2, -0.15) is 0 Å². The third kappa shape index (κ3) is 3.37. The number of nitrogens with zero attached hydrogens (tertiary/aromatic N) is 2. The van der Waals surface area contributed by atoms with Gasteiger partial charge in [-0.05, 0) is 49.7 Å². The van der Waals surface area contributed by atoms with Gasteiger partial charge in [0.2, 0.25) is 0 Å². The summed E-state index contributed by atoms with van der Waals surface area (Å²) in [6.07, 6.45) is 4.40. The van der Waals surface area contributed by atoms with Gasteiger partial charge < -0.3 is 5.32 Å². The second-order valence-corrected chi connectivity index (χ2v) is 9.76. The number of thiazole rings is 1. The van der Waals surface area contributed by atoms with Gasteiger partial charge in [-0.3, -0.25) is 14.0 Å². The Morgan fingerprint density at radius 1 is 1.32 bits per heavy atom. The fourth-order valence-electron chi connectivity index (χ4n) is 3.90. The molecule has 1 atom stereocenters. The van der Waals surface area contributed by atoms with Crippen LogP contribution in [-0.2, 0) is 12.8 Å². The lowest BCUT2D eigenvalue weighted by Gasteiger charge is -2.33. The van der Waals surface area contributed by atoms with Crippen molar-refractivity contribution < 1.29 is 4.79 Å². The highest BCUT2D eigenvalue weighted by Gasteiger charge is 2.31. The average Bonchev–Trinajstić information content (AvgIpc) is 3.01. The maximum atomic E-state index is 13.1. The number of fused-ring (bicyclic) bond motifs is 3. The zero-order chi connectivity index (χ0) is 20.1. The van der Waals surface area contributed by atoms with E-state index in [0.29, 0.717) is 16.4 Å². The predicted molar refractivity (Wildman–Crippen MR) is 113 cm³/mol. The van der Waals surface area contributed by atoms with Crippen LogP contribution in [0.5, 0.6) is 0 Å². The van der Waals surface area contributed by atoms with E-state index in [1.54, 1.807) is 27.9 Å². The van der Waals surface area contributed by atoms with Crippen molar-refractivity contribution in [2.24, 2.45) is 11.3 Å². The van der Waals surface area contributed by atoms with E-state index >= 15 is 0 Å². The van der Waals surface area contributed by atoms with Crippen molar-refractivity contribution in [2.45, 2.75) is 47.0 Å². The topological polar surface area (TPSA) is 63.5 Å². The Morgan fingerprint density at radius 2 is 2.11 bits per heavy atom. The number of amides is 1. The molecule has 0 saturated heterocycles. The molecule has 146 valence electrons. The molecule has 3 aromatic rings. The molecule has 5 nitrogen and oxygen atoms in total. The average molecular weight is 396 g/mol. The summed E-state index contributed by atoms with van der Waals surface area (Å²) in [7, 11) is 0. The molecule has 1 aliphatic rings. The zero-order valence-electron chi connectivity index (χ0n) is 16.7. The lowest BCUT2D eigenvalue weighted by atomic mass is 9.73. The highest BCUT2D eigenvalue weighted by Crippen LogP contribution is 2.39. The minimum atomic E-state index is -0.292. The number of hydrogen-bond donors (Lipinski definition) is 1. The molecule has 2 aromatic heterocycles. The molecule has 4 rings (SSSR count). The van der Waals surface area contributed by atoms with Crippen molar-refractivity contribution in [3.8, 4) is 0 Å². The van der Waals surface area contributed by atoms with E-state index in [1.807, 2.05) is 19.1 Å². The summed E-state index contributed by atoms with van der Waals surface area (Å²) in [5, 5.41) is 2.75. The van der Waals surface area contributed by atoms with Crippen LogP contribution in [0.1, 0.15) is 53.7 Å². The molecule has 0 saturated carbocycles. The molecule has 6 heteroatoms. The standard InChI is InChI=1S/C22H25N3O2S/c1-13-6-5-7-14(10-13)19(26)24-16-12-23-21-25(20(16)27)17-9-8-15(22(2,3)4)11-18(17)28-21/h5-7,10,12,15H,8-9,11H2,1-4H3,(H,24,26)/t15-/m0/s1. The first-order valence-electron chi connectivity index (χ1n) is 9.64. The Labute approximate surface area is 168 Å². The van der Waals surface area contributed by atoms with E-state index in [9.17, 15) is 9.59 Å². The first kappa shape index (κ1) is 18.9. The number of anilines is 1. The quantitative estimate of drug-likeness (QED) is 0.696. The number of nitrogens with one attached hydrogen (secondary N) is 1. The Hall–Kier alpha value is -2.47. The number of carbonyl (C=O) groups is 1. The van der Waals surface area contributed by atoms with Crippen LogP contribution in [0.3, 0.4) is 0 Å². The number of hydrogen-bond acceptors (Lipinski definition) is 4. The molecule has 1 aliphatic carbocycles. The van der Waals surface area contributed by atoms with Crippen molar-refractivity contribution >= 4 is 27.9 Å². The Kier molecular flexibility index (Phi) is 4.62. The summed E-state index contributed by atoms with van der Waals surface area (Å²) in [5.41, 5.74) is 2.87. The summed E-state index contributed by atoms with van der Waals surface area (Å²) >= 11 is 1.60. The first-order valence-corrected chi connectivity index (χ1v) is 10.5. The molecule has 0 spiro atoms. The molecule has 2 heterocycles. The number of benzene rings is 1. The lowest BCUT2D eigenvalue weighted by Crippen LogP contribution is -2.28. The van der Waals surface area contributed by atoms with Gasteiger partial charge in [0.15, 0.2) is 4.96 Å². The molecule has 0 unspecified atom stereocenters. The molecule has 0 aliphatic heterocycles. The fourth-order valence-corrected chi connectivity index (χ4v) is 5.10. The van der Waals surface area contributed by atoms with Gasteiger partial charge in [0.1, 0.15) is 5.69 Å². The Morgan fingerprint density at radius 3 is 2.82 bits per heavy atom. The molecular formula is C22H25N3O2S. The third-order valence-corrected chi connectivity index (χ3v) is 6.77. The van der Waals surface area contributed by atoms with E-state index in [4.69, 9.17) is 0 Å². The second-order valence-electron chi connectivity index (χ2n) is 8.70. The van der Waals surface area contributed by atoms with Crippen LogP contribution in [0.25, 0.3) is 4.96 Å². The monoisotopic (exact) mass is 395 g/mol. The minimum Gasteiger partial charge on any atom is -0.316 e. The largest absolute Gasteiger partial charge is 0.316 e. The van der Waals surface area contributed by atoms with Gasteiger partial charge in [0, 0.05) is 16.1 Å². The smallest absolute Gasteiger partial charge is 0.282 e. The summed E-state index contributed by atoms with van der Waals surface area (Å²) in [5.74, 6) is 0.309. The van der Waals surface area contributed by atoms with E-state index < -0.39 is 0 Å². The SMILES string of the molecule is Cc1cccc(C(=O)Nc2cnc3sc4c(n3c2=O)CC[C@H](C(C)(C)C)C4)c1. The number of rotatable bonds is 2. The normalized spacial score (nSPS) is 16.8. The molecule has 1 amide bonds. The van der Waals surface area contributed by atoms with E-state index in [0.717, 1.165) is 30.5 Å². The van der Waals surface area contributed by atoms with Gasteiger partial charge in [-0.25, -0.2) is 4.98 Å². The van der Waals surface area contributed by atoms with E-state index in [2.05, 4.69) is 31.1 Å². The summed E-state index contributed by atoms with van der Waals surface area (Å²) in [4.78, 5) is 32.1. The summed E-state index contributed by atoms with van der Waals surface area (Å²) in [6.45, 7) is 8.76. The highest BCUT2D eigenvalue weighted by molar-refractivity contribution is 7.17. The molecular weight excluding hydrogens is 370 g/mol. The van der Waals surface area contributed by atoms with Gasteiger partial charge in [0.05, 0.1) is 6.20 Å². The van der Waals surface area contributed by atoms with Crippen molar-refractivity contribution in [3.05, 3.63) is 62.5 Å². The summed E-state index contributed by atoms with van der Waals surface area (Å²) in [6, 6.07) is 7.31. The predicted octanol–water partition coefficient (Wildman–Crippen LogP) is 4.47. The maximum Gasteiger partial charge on any atom is 0.282 e. The van der Waals surface area contributed by atoms with Crippen LogP contribution < -0.4 is 10.9 Å². The number of aryl methyl sites for hydroxylation is 2. The van der Waals surface area contributed by atoms with E-state index in [-0.39, 0.29) is 22.6 Å². The van der Waals surface area contributed by atoms with Crippen LogP contribution in [-0.4, -0.2) is 15.3 Å². The second kappa shape index (κ2) is 6.85. The first-order chi connectivity index (χ1) is 13.2. The maximum absolute atomic E-state index is 13.1. The van der Waals surface area contributed by atoms with Crippen molar-refractivity contribution in [3.63, 3.8) is 0 Å². The van der Waals surface area contributed by atoms with Crippen molar-refractivity contribution in [1.82, 2.24) is 9.38 Å². The molecule has 28 heavy (non-hydrogen) atoms. The van der Waals surface area contributed by atoms with Gasteiger partial charge in [-0.15, -0.1) is 11.3 Å². The van der Waals surface area contributed by atoms with Gasteiger partial charge in [-0.1, -0.05) is 38.5 Å². The number of aromatic nitrogens is 2. The summed E-state index contributed by atoms with van der Waals surface area (Å²) < 4.78 is 1.70. The molecule has 0 bridgehead atoms. The van der Waals surface area contributed by atoms with Crippen LogP contribution in [0, 0.1) is 18.3 Å². The van der Waals surface area contributed by atoms with Crippen LogP contribution >= 0.6 is 11.3 Å². The van der Waals surface area contributed by atoms with Crippen molar-refractivity contribution in [2.75, 3.05) is 5.32 Å². The van der Waals surface area contributed by atoms with Gasteiger partial charge in [0.25, 0.3) is 11.5 Å². The van der Waals surface area contributed by atoms with Crippen molar-refractivity contribution in [1.29, 1.82) is 0 Å². The Bertz CT molecular complexity index is 1120. The van der Waals surface area contributed by atoms with Crippen LogP contribution in [0.4, 0.5) is 5.69 Å². The van der Waals surface area contributed by atoms with Crippen LogP contribution in [0.2, 0.25) is 0 Å². The minimum absolute atomic E-state index is 0.197. The molecule has 1 N–H and O–H groups in total. The van der Waals surface area contributed by atoms with Gasteiger partial charge >= 0.3 is 0 Å². The van der Waals surface area contributed by atoms with Crippen LogP contribution in [0.15, 0.2) is 35.3 Å². The molecule has 0 radical (unpaired) electrons. The molecule has 1 aromatic carbocycles. The Balaban J connectivity index is 1.68. The zero-order valence-corrected chi connectivity index (χ0v) is 17.5. The molecule has 0 fully saturated rings.